The molecule has 0 atom stereocenters. The summed E-state index contributed by atoms with van der Waals surface area (Å²) < 4.78 is 0.864. The van der Waals surface area contributed by atoms with Gasteiger partial charge < -0.3 is 5.32 Å². The highest BCUT2D eigenvalue weighted by Gasteiger charge is 2.08. The molecule has 1 heterocycles. The highest BCUT2D eigenvalue weighted by Crippen LogP contribution is 2.23. The molecule has 6 heteroatoms. The van der Waals surface area contributed by atoms with Crippen LogP contribution in [0, 0.1) is 10.1 Å². The number of nitro groups is 1. The molecule has 1 N–H and O–H groups in total. The summed E-state index contributed by atoms with van der Waals surface area (Å²) in [5.41, 5.74) is 0. The monoisotopic (exact) mass is 276 g/mol. The smallest absolute Gasteiger partial charge is 0.307 e. The van der Waals surface area contributed by atoms with Crippen LogP contribution in [0.15, 0.2) is 23.2 Å². The molecule has 1 rings (SSSR count). The van der Waals surface area contributed by atoms with Crippen molar-refractivity contribution in [2.45, 2.75) is 6.54 Å². The van der Waals surface area contributed by atoms with Crippen molar-refractivity contribution in [2.75, 3.05) is 6.54 Å². The number of hydrogen-bond donors (Lipinski definition) is 1. The zero-order valence-corrected chi connectivity index (χ0v) is 9.73. The largest absolute Gasteiger partial charge is 0.324 e. The van der Waals surface area contributed by atoms with Crippen molar-refractivity contribution in [2.24, 2.45) is 0 Å². The molecule has 0 amide bonds. The summed E-state index contributed by atoms with van der Waals surface area (Å²) in [6, 6.07) is 3.28. The fraction of sp³-hybridized carbons (Fsp3) is 0.250. The Bertz CT molecular complexity index is 351. The van der Waals surface area contributed by atoms with Crippen LogP contribution in [0.25, 0.3) is 0 Å². The van der Waals surface area contributed by atoms with Crippen LogP contribution < -0.4 is 5.32 Å². The molecule has 1 aromatic rings. The molecule has 0 saturated carbocycles. The minimum absolute atomic E-state index is 0.180. The van der Waals surface area contributed by atoms with Crippen LogP contribution in [-0.2, 0) is 6.54 Å². The summed E-state index contributed by atoms with van der Waals surface area (Å²) in [7, 11) is 0. The molecular formula is C8H9BrN2O2S. The van der Waals surface area contributed by atoms with Gasteiger partial charge in [0.15, 0.2) is 0 Å². The van der Waals surface area contributed by atoms with Crippen molar-refractivity contribution in [3.05, 3.63) is 38.2 Å². The van der Waals surface area contributed by atoms with Gasteiger partial charge >= 0.3 is 5.00 Å². The maximum absolute atomic E-state index is 10.4. The highest BCUT2D eigenvalue weighted by molar-refractivity contribution is 9.11. The van der Waals surface area contributed by atoms with Gasteiger partial charge in [-0.15, -0.1) is 0 Å². The fourth-order valence-electron chi connectivity index (χ4n) is 0.881. The second-order valence-corrected chi connectivity index (χ2v) is 4.89. The quantitative estimate of drug-likeness (QED) is 0.665. The van der Waals surface area contributed by atoms with Crippen LogP contribution in [0.1, 0.15) is 4.88 Å². The van der Waals surface area contributed by atoms with Crippen LogP contribution in [0.5, 0.6) is 0 Å². The molecule has 76 valence electrons. The summed E-state index contributed by atoms with van der Waals surface area (Å²) in [5, 5.41) is 13.6. The van der Waals surface area contributed by atoms with Gasteiger partial charge in [-0.1, -0.05) is 33.8 Å². The Morgan fingerprint density at radius 2 is 2.43 bits per heavy atom. The molecule has 0 aliphatic heterocycles. The van der Waals surface area contributed by atoms with E-state index >= 15 is 0 Å². The minimum Gasteiger partial charge on any atom is -0.307 e. The van der Waals surface area contributed by atoms with Gasteiger partial charge in [0.1, 0.15) is 0 Å². The molecule has 14 heavy (non-hydrogen) atoms. The van der Waals surface area contributed by atoms with Crippen molar-refractivity contribution in [1.82, 2.24) is 5.32 Å². The Kier molecular flexibility index (Phi) is 4.24. The Labute approximate surface area is 93.9 Å². The predicted molar refractivity (Wildman–Crippen MR) is 60.7 cm³/mol. The second kappa shape index (κ2) is 5.23. The molecule has 0 unspecified atom stereocenters. The van der Waals surface area contributed by atoms with Crippen molar-refractivity contribution >= 4 is 32.3 Å². The van der Waals surface area contributed by atoms with E-state index < -0.39 is 0 Å². The van der Waals surface area contributed by atoms with Gasteiger partial charge in [0.25, 0.3) is 0 Å². The average Bonchev–Trinajstić information content (AvgIpc) is 2.52. The lowest BCUT2D eigenvalue weighted by molar-refractivity contribution is -0.380. The molecule has 4 nitrogen and oxygen atoms in total. The van der Waals surface area contributed by atoms with Crippen molar-refractivity contribution in [3.63, 3.8) is 0 Å². The molecule has 1 aromatic heterocycles. The second-order valence-electron chi connectivity index (χ2n) is 2.62. The third kappa shape index (κ3) is 3.57. The Morgan fingerprint density at radius 3 is 2.93 bits per heavy atom. The van der Waals surface area contributed by atoms with Crippen molar-refractivity contribution in [3.8, 4) is 0 Å². The van der Waals surface area contributed by atoms with Gasteiger partial charge in [-0.2, -0.15) is 0 Å². The van der Waals surface area contributed by atoms with Crippen LogP contribution in [0.2, 0.25) is 0 Å². The summed E-state index contributed by atoms with van der Waals surface area (Å²) in [5.74, 6) is 0. The highest BCUT2D eigenvalue weighted by atomic mass is 79.9. The summed E-state index contributed by atoms with van der Waals surface area (Å²) in [6.45, 7) is 4.96. The topological polar surface area (TPSA) is 55.2 Å². The lowest BCUT2D eigenvalue weighted by atomic mass is 10.4. The normalized spacial score (nSPS) is 10.1. The summed E-state index contributed by atoms with van der Waals surface area (Å²) >= 11 is 4.40. The van der Waals surface area contributed by atoms with E-state index in [4.69, 9.17) is 0 Å². The van der Waals surface area contributed by atoms with Crippen LogP contribution >= 0.6 is 27.3 Å². The van der Waals surface area contributed by atoms with E-state index in [1.165, 1.54) is 17.4 Å². The zero-order chi connectivity index (χ0) is 10.6. The third-order valence-corrected chi connectivity index (χ3v) is 2.76. The van der Waals surface area contributed by atoms with Gasteiger partial charge in [0, 0.05) is 28.5 Å². The standard InChI is InChI=1S/C8H9BrN2O2S/c1-6(9)4-10-5-7-2-3-8(14-7)11(12)13/h2-3,10H,1,4-5H2. The first-order valence-corrected chi connectivity index (χ1v) is 5.47. The predicted octanol–water partition coefficient (Wildman–Crippen LogP) is 2.65. The number of hydrogen-bond acceptors (Lipinski definition) is 4. The number of halogens is 1. The van der Waals surface area contributed by atoms with Crippen LogP contribution in [-0.4, -0.2) is 11.5 Å². The van der Waals surface area contributed by atoms with E-state index in [-0.39, 0.29) is 9.92 Å². The van der Waals surface area contributed by atoms with Gasteiger partial charge in [-0.3, -0.25) is 10.1 Å². The van der Waals surface area contributed by atoms with E-state index in [2.05, 4.69) is 27.8 Å². The fourth-order valence-corrected chi connectivity index (χ4v) is 1.87. The molecule has 0 fully saturated rings. The number of nitrogens with one attached hydrogen (secondary N) is 1. The lowest BCUT2D eigenvalue weighted by Crippen LogP contribution is -2.13. The maximum Gasteiger partial charge on any atom is 0.324 e. The van der Waals surface area contributed by atoms with E-state index in [0.717, 1.165) is 9.36 Å². The van der Waals surface area contributed by atoms with E-state index in [9.17, 15) is 10.1 Å². The number of rotatable bonds is 5. The molecule has 0 radical (unpaired) electrons. The van der Waals surface area contributed by atoms with E-state index in [1.54, 1.807) is 6.07 Å². The first-order chi connectivity index (χ1) is 6.59. The average molecular weight is 277 g/mol. The molecular weight excluding hydrogens is 268 g/mol. The maximum atomic E-state index is 10.4. The molecule has 0 spiro atoms. The van der Waals surface area contributed by atoms with Crippen LogP contribution in [0.3, 0.4) is 0 Å². The van der Waals surface area contributed by atoms with E-state index in [0.29, 0.717) is 13.1 Å². The number of nitrogens with zero attached hydrogens (tertiary/aromatic N) is 1. The zero-order valence-electron chi connectivity index (χ0n) is 7.33. The lowest BCUT2D eigenvalue weighted by Gasteiger charge is -1.99. The molecule has 0 aliphatic rings. The first kappa shape index (κ1) is 11.4. The molecule has 0 aliphatic carbocycles. The summed E-state index contributed by atoms with van der Waals surface area (Å²) in [4.78, 5) is 10.9. The van der Waals surface area contributed by atoms with Crippen molar-refractivity contribution < 1.29 is 4.92 Å². The molecule has 0 bridgehead atoms. The molecule has 0 saturated heterocycles. The Hall–Kier alpha value is -0.720. The Morgan fingerprint density at radius 1 is 1.71 bits per heavy atom. The Balaban J connectivity index is 2.44. The van der Waals surface area contributed by atoms with Gasteiger partial charge in [0.05, 0.1) is 4.92 Å². The summed E-state index contributed by atoms with van der Waals surface area (Å²) in [6.07, 6.45) is 0. The van der Waals surface area contributed by atoms with Gasteiger partial charge in [-0.25, -0.2) is 0 Å². The third-order valence-electron chi connectivity index (χ3n) is 1.44. The van der Waals surface area contributed by atoms with E-state index in [1.807, 2.05) is 0 Å². The van der Waals surface area contributed by atoms with Gasteiger partial charge in [0.2, 0.25) is 0 Å². The van der Waals surface area contributed by atoms with Crippen LogP contribution in [0.4, 0.5) is 5.00 Å². The molecule has 0 aromatic carbocycles. The minimum atomic E-state index is -0.377. The number of thiophene rings is 1. The SMILES string of the molecule is C=C(Br)CNCc1ccc([N+](=O)[O-])s1. The van der Waals surface area contributed by atoms with Gasteiger partial charge in [-0.05, 0) is 6.07 Å². The first-order valence-electron chi connectivity index (χ1n) is 3.86. The van der Waals surface area contributed by atoms with Crippen molar-refractivity contribution in [1.29, 1.82) is 0 Å².